The van der Waals surface area contributed by atoms with E-state index in [9.17, 15) is 30.8 Å². The molecule has 1 aliphatic rings. The Morgan fingerprint density at radius 1 is 1.10 bits per heavy atom. The third kappa shape index (κ3) is 7.24. The third-order valence-electron chi connectivity index (χ3n) is 8.59. The van der Waals surface area contributed by atoms with E-state index in [4.69, 9.17) is 15.2 Å². The summed E-state index contributed by atoms with van der Waals surface area (Å²) in [6, 6.07) is 9.41. The van der Waals surface area contributed by atoms with Crippen molar-refractivity contribution in [3.05, 3.63) is 88.9 Å². The highest BCUT2D eigenvalue weighted by atomic mass is 32.2. The summed E-state index contributed by atoms with van der Waals surface area (Å²) in [6.45, 7) is -0.551. The summed E-state index contributed by atoms with van der Waals surface area (Å²) in [5, 5.41) is 4.72. The van der Waals surface area contributed by atoms with E-state index < -0.39 is 39.8 Å². The number of fused-ring (bicyclic) bond motifs is 1. The van der Waals surface area contributed by atoms with Gasteiger partial charge in [0.25, 0.3) is 0 Å². The molecule has 49 heavy (non-hydrogen) atoms. The molecule has 0 atom stereocenters. The number of nitrogens with one attached hydrogen (secondary N) is 1. The number of piperidine rings is 1. The highest BCUT2D eigenvalue weighted by Crippen LogP contribution is 2.33. The highest BCUT2D eigenvalue weighted by molar-refractivity contribution is 7.88. The smallest absolute Gasteiger partial charge is 0.387 e. The molecule has 0 bridgehead atoms. The van der Waals surface area contributed by atoms with Crippen molar-refractivity contribution in [3.63, 3.8) is 0 Å². The van der Waals surface area contributed by atoms with Crippen molar-refractivity contribution in [2.75, 3.05) is 25.1 Å². The second kappa shape index (κ2) is 13.5. The summed E-state index contributed by atoms with van der Waals surface area (Å²) in [4.78, 5) is 20.8. The van der Waals surface area contributed by atoms with Crippen LogP contribution in [-0.4, -0.2) is 64.2 Å². The number of para-hydroxylation sites is 1. The number of nitrogen functional groups attached to an aromatic ring is 1. The molecule has 1 fully saturated rings. The van der Waals surface area contributed by atoms with E-state index in [1.165, 1.54) is 51.9 Å². The van der Waals surface area contributed by atoms with Gasteiger partial charge in [-0.25, -0.2) is 31.2 Å². The number of alkyl halides is 2. The molecule has 0 unspecified atom stereocenters. The van der Waals surface area contributed by atoms with Crippen LogP contribution < -0.4 is 15.2 Å². The van der Waals surface area contributed by atoms with E-state index >= 15 is 0 Å². The molecule has 3 N–H and O–H groups in total. The zero-order chi connectivity index (χ0) is 35.0. The maximum atomic E-state index is 14.0. The molecule has 5 aromatic rings. The topological polar surface area (TPSA) is 145 Å². The fraction of sp³-hybridized carbons (Fsp3) is 0.303. The predicted octanol–water partition coefficient (Wildman–Crippen LogP) is 6.15. The summed E-state index contributed by atoms with van der Waals surface area (Å²) >= 11 is 0. The second-order valence-electron chi connectivity index (χ2n) is 11.9. The minimum Gasteiger partial charge on any atom is -0.435 e. The number of sulfonamides is 1. The summed E-state index contributed by atoms with van der Waals surface area (Å²) in [5.74, 6) is -2.75. The Bertz CT molecular complexity index is 2120. The van der Waals surface area contributed by atoms with Gasteiger partial charge in [-0.2, -0.15) is 13.9 Å². The summed E-state index contributed by atoms with van der Waals surface area (Å²) in [5.41, 5.74) is 8.52. The number of nitrogens with zero attached hydrogens (tertiary/aromatic N) is 4. The van der Waals surface area contributed by atoms with Crippen LogP contribution in [0.4, 0.5) is 23.4 Å². The molecular formula is C33H32F4N6O5S. The Balaban J connectivity index is 1.21. The van der Waals surface area contributed by atoms with E-state index in [-0.39, 0.29) is 34.6 Å². The predicted molar refractivity (Wildman–Crippen MR) is 173 cm³/mol. The van der Waals surface area contributed by atoms with Crippen molar-refractivity contribution in [2.45, 2.75) is 39.2 Å². The van der Waals surface area contributed by atoms with Crippen LogP contribution in [0, 0.1) is 24.5 Å². The molecule has 16 heteroatoms. The SMILES string of the molecule is Cc1cc(Oc2c(F)cccc2F)ncc1-n1ncc(C(=O)c2cc3cc(OC(F)F)c(CCC4CCN(S(C)(=O)=O)CC4)cc3[nH]2)c1N. The Hall–Kier alpha value is -4.96. The average Bonchev–Trinajstić information content (AvgIpc) is 3.64. The van der Waals surface area contributed by atoms with Crippen molar-refractivity contribution >= 4 is 32.5 Å². The van der Waals surface area contributed by atoms with Crippen LogP contribution in [0.3, 0.4) is 0 Å². The lowest BCUT2D eigenvalue weighted by atomic mass is 9.91. The molecule has 6 rings (SSSR count). The van der Waals surface area contributed by atoms with Gasteiger partial charge < -0.3 is 20.2 Å². The first-order chi connectivity index (χ1) is 23.3. The number of nitrogens with two attached hydrogens (primary N) is 1. The number of ketones is 1. The van der Waals surface area contributed by atoms with Gasteiger partial charge in [-0.3, -0.25) is 4.79 Å². The largest absolute Gasteiger partial charge is 0.435 e. The van der Waals surface area contributed by atoms with Gasteiger partial charge in [-0.1, -0.05) is 6.07 Å². The molecule has 0 amide bonds. The van der Waals surface area contributed by atoms with Crippen molar-refractivity contribution in [1.82, 2.24) is 24.1 Å². The van der Waals surface area contributed by atoms with Gasteiger partial charge in [-0.15, -0.1) is 0 Å². The van der Waals surface area contributed by atoms with Gasteiger partial charge in [0.15, 0.2) is 11.6 Å². The molecule has 1 aliphatic heterocycles. The van der Waals surface area contributed by atoms with Gasteiger partial charge >= 0.3 is 6.61 Å². The fourth-order valence-electron chi connectivity index (χ4n) is 5.97. The number of aromatic nitrogens is 4. The number of carbonyl (C=O) groups is 1. The molecule has 4 heterocycles. The lowest BCUT2D eigenvalue weighted by Gasteiger charge is -2.30. The van der Waals surface area contributed by atoms with E-state index in [0.29, 0.717) is 66.5 Å². The van der Waals surface area contributed by atoms with Gasteiger partial charge in [0.1, 0.15) is 11.6 Å². The fourth-order valence-corrected chi connectivity index (χ4v) is 6.85. The number of aromatic amines is 1. The number of carbonyl (C=O) groups excluding carboxylic acids is 1. The maximum absolute atomic E-state index is 14.0. The Morgan fingerprint density at radius 3 is 2.47 bits per heavy atom. The van der Waals surface area contributed by atoms with Gasteiger partial charge in [0.2, 0.25) is 27.4 Å². The number of pyridine rings is 1. The number of hydrogen-bond acceptors (Lipinski definition) is 8. The number of hydrogen-bond donors (Lipinski definition) is 2. The van der Waals surface area contributed by atoms with Crippen LogP contribution >= 0.6 is 0 Å². The monoisotopic (exact) mass is 700 g/mol. The molecule has 0 spiro atoms. The molecule has 2 aromatic carbocycles. The van der Waals surface area contributed by atoms with E-state index in [2.05, 4.69) is 15.1 Å². The van der Waals surface area contributed by atoms with Gasteiger partial charge in [-0.05, 0) is 80.0 Å². The molecule has 11 nitrogen and oxygen atoms in total. The molecule has 258 valence electrons. The maximum Gasteiger partial charge on any atom is 0.387 e. The number of H-pyrrole nitrogens is 1. The molecule has 0 aliphatic carbocycles. The van der Waals surface area contributed by atoms with Crippen LogP contribution in [-0.2, 0) is 16.4 Å². The van der Waals surface area contributed by atoms with Crippen LogP contribution in [0.2, 0.25) is 0 Å². The first-order valence-corrected chi connectivity index (χ1v) is 17.2. The second-order valence-corrected chi connectivity index (χ2v) is 13.9. The van der Waals surface area contributed by atoms with E-state index in [1.54, 1.807) is 13.0 Å². The molecule has 1 saturated heterocycles. The van der Waals surface area contributed by atoms with Crippen molar-refractivity contribution < 1.29 is 40.2 Å². The number of halogens is 4. The zero-order valence-electron chi connectivity index (χ0n) is 26.4. The Morgan fingerprint density at radius 2 is 1.82 bits per heavy atom. The van der Waals surface area contributed by atoms with Crippen LogP contribution in [0.15, 0.2) is 54.9 Å². The minimum atomic E-state index is -3.26. The quantitative estimate of drug-likeness (QED) is 0.123. The van der Waals surface area contributed by atoms with Crippen molar-refractivity contribution in [1.29, 1.82) is 0 Å². The number of benzene rings is 2. The molecular weight excluding hydrogens is 668 g/mol. The Labute approximate surface area is 278 Å². The normalized spacial score (nSPS) is 14.5. The number of ether oxygens (including phenoxy) is 2. The van der Waals surface area contributed by atoms with Gasteiger partial charge in [0, 0.05) is 30.1 Å². The highest BCUT2D eigenvalue weighted by Gasteiger charge is 2.26. The van der Waals surface area contributed by atoms with Gasteiger partial charge in [0.05, 0.1) is 35.6 Å². The van der Waals surface area contributed by atoms with E-state index in [1.807, 2.05) is 0 Å². The number of rotatable bonds is 11. The van der Waals surface area contributed by atoms with Crippen LogP contribution in [0.1, 0.15) is 46.4 Å². The lowest BCUT2D eigenvalue weighted by molar-refractivity contribution is -0.0503. The summed E-state index contributed by atoms with van der Waals surface area (Å²) < 4.78 is 91.4. The standard InChI is InChI=1S/C33H32F4N6O5S/c1-18-12-29(48-31-23(34)4-3-5-24(31)35)39-17-27(18)43-32(38)22(16-40-43)30(44)26-14-21-15-28(47-33(36)37)20(13-25(21)41-26)7-6-19-8-10-42(11-9-19)49(2,45)46/h3-5,12-17,19,33,41H,6-11,38H2,1-2H3. The number of aryl methyl sites for hydroxylation is 2. The van der Waals surface area contributed by atoms with E-state index in [0.717, 1.165) is 12.1 Å². The van der Waals surface area contributed by atoms with Crippen molar-refractivity contribution in [2.24, 2.45) is 5.92 Å². The number of anilines is 1. The first-order valence-electron chi connectivity index (χ1n) is 15.3. The van der Waals surface area contributed by atoms with Crippen LogP contribution in [0.25, 0.3) is 16.6 Å². The molecule has 0 radical (unpaired) electrons. The first kappa shape index (κ1) is 33.9. The van der Waals surface area contributed by atoms with Crippen LogP contribution in [0.5, 0.6) is 17.4 Å². The molecule has 0 saturated carbocycles. The van der Waals surface area contributed by atoms with Crippen molar-refractivity contribution in [3.8, 4) is 23.1 Å². The zero-order valence-corrected chi connectivity index (χ0v) is 27.2. The summed E-state index contributed by atoms with van der Waals surface area (Å²) in [7, 11) is -3.26. The average molecular weight is 701 g/mol. The molecule has 3 aromatic heterocycles. The third-order valence-corrected chi connectivity index (χ3v) is 9.89. The Kier molecular flexibility index (Phi) is 9.35. The minimum absolute atomic E-state index is 0.00505. The lowest BCUT2D eigenvalue weighted by Crippen LogP contribution is -2.37. The summed E-state index contributed by atoms with van der Waals surface area (Å²) in [6.07, 6.45) is 6.19.